The summed E-state index contributed by atoms with van der Waals surface area (Å²) in [6, 6.07) is 29.6. The molecule has 186 valence electrons. The maximum absolute atomic E-state index is 12.8. The van der Waals surface area contributed by atoms with E-state index in [4.69, 9.17) is 0 Å². The van der Waals surface area contributed by atoms with Gasteiger partial charge in [-0.05, 0) is 61.2 Å². The smallest absolute Gasteiger partial charge is 0.319 e. The second kappa shape index (κ2) is 8.85. The molecule has 8 nitrogen and oxygen atoms in total. The number of hydrogen-bond donors (Lipinski definition) is 3. The number of fused-ring (bicyclic) bond motifs is 5. The van der Waals surface area contributed by atoms with Crippen LogP contribution in [0, 0.1) is 0 Å². The number of nitrogens with zero attached hydrogens (tertiary/aromatic N) is 4. The maximum atomic E-state index is 12.8. The van der Waals surface area contributed by atoms with Gasteiger partial charge < -0.3 is 16.0 Å². The second-order valence-electron chi connectivity index (χ2n) is 9.68. The van der Waals surface area contributed by atoms with Gasteiger partial charge in [0.25, 0.3) is 0 Å². The Morgan fingerprint density at radius 1 is 0.842 bits per heavy atom. The van der Waals surface area contributed by atoms with Gasteiger partial charge in [0.05, 0.1) is 16.9 Å². The van der Waals surface area contributed by atoms with E-state index in [9.17, 15) is 4.79 Å². The van der Waals surface area contributed by atoms with Crippen molar-refractivity contribution in [1.29, 1.82) is 0 Å². The van der Waals surface area contributed by atoms with Gasteiger partial charge in [-0.1, -0.05) is 54.6 Å². The van der Waals surface area contributed by atoms with Crippen LogP contribution < -0.4 is 16.0 Å². The van der Waals surface area contributed by atoms with E-state index in [1.54, 1.807) is 6.20 Å². The first-order valence-corrected chi connectivity index (χ1v) is 12.7. The Bertz CT molecular complexity index is 1640. The van der Waals surface area contributed by atoms with Crippen LogP contribution in [-0.2, 0) is 5.54 Å². The Morgan fingerprint density at radius 3 is 2.39 bits per heavy atom. The van der Waals surface area contributed by atoms with Gasteiger partial charge in [-0.25, -0.2) is 9.78 Å². The van der Waals surface area contributed by atoms with Crippen molar-refractivity contribution < 1.29 is 4.79 Å². The largest absolute Gasteiger partial charge is 0.338 e. The molecular formula is C30H25N7O. The summed E-state index contributed by atoms with van der Waals surface area (Å²) < 4.78 is 2.06. The molecule has 3 N–H and O–H groups in total. The van der Waals surface area contributed by atoms with Crippen LogP contribution in [-0.4, -0.2) is 25.8 Å². The molecule has 0 radical (unpaired) electrons. The van der Waals surface area contributed by atoms with Gasteiger partial charge in [0.1, 0.15) is 0 Å². The number of nitrogens with one attached hydrogen (secondary N) is 3. The Hall–Kier alpha value is -4.98. The molecule has 0 saturated heterocycles. The van der Waals surface area contributed by atoms with E-state index in [-0.39, 0.29) is 11.6 Å². The van der Waals surface area contributed by atoms with Crippen LogP contribution in [0.25, 0.3) is 28.5 Å². The van der Waals surface area contributed by atoms with Crippen molar-refractivity contribution in [3.63, 3.8) is 0 Å². The number of aromatic nitrogens is 4. The lowest BCUT2D eigenvalue weighted by atomic mass is 9.71. The van der Waals surface area contributed by atoms with E-state index in [1.165, 1.54) is 0 Å². The molecule has 3 heterocycles. The molecule has 1 saturated carbocycles. The van der Waals surface area contributed by atoms with Gasteiger partial charge >= 0.3 is 6.03 Å². The highest BCUT2D eigenvalue weighted by atomic mass is 16.2. The zero-order valence-electron chi connectivity index (χ0n) is 20.6. The molecule has 0 unspecified atom stereocenters. The number of urea groups is 1. The zero-order chi connectivity index (χ0) is 25.5. The highest BCUT2D eigenvalue weighted by molar-refractivity contribution is 5.90. The van der Waals surface area contributed by atoms with E-state index in [1.807, 2.05) is 66.7 Å². The van der Waals surface area contributed by atoms with Crippen LogP contribution in [0.5, 0.6) is 0 Å². The minimum absolute atomic E-state index is 0.196. The van der Waals surface area contributed by atoms with E-state index < -0.39 is 0 Å². The van der Waals surface area contributed by atoms with Crippen molar-refractivity contribution in [2.45, 2.75) is 24.8 Å². The maximum Gasteiger partial charge on any atom is 0.319 e. The summed E-state index contributed by atoms with van der Waals surface area (Å²) in [5.74, 6) is 2.24. The Kier molecular flexibility index (Phi) is 5.18. The first-order valence-electron chi connectivity index (χ1n) is 12.7. The average Bonchev–Trinajstić information content (AvgIpc) is 3.31. The minimum atomic E-state index is -0.376. The number of para-hydroxylation sites is 2. The summed E-state index contributed by atoms with van der Waals surface area (Å²) in [4.78, 5) is 17.4. The lowest BCUT2D eigenvalue weighted by Gasteiger charge is -2.43. The van der Waals surface area contributed by atoms with Crippen LogP contribution >= 0.6 is 0 Å². The molecule has 1 aliphatic carbocycles. The second-order valence-corrected chi connectivity index (χ2v) is 9.68. The van der Waals surface area contributed by atoms with Crippen LogP contribution in [0.2, 0.25) is 0 Å². The van der Waals surface area contributed by atoms with Crippen LogP contribution in [0.1, 0.15) is 24.8 Å². The lowest BCUT2D eigenvalue weighted by Crippen LogP contribution is -2.52. The summed E-state index contributed by atoms with van der Waals surface area (Å²) in [5, 5.41) is 18.8. The van der Waals surface area contributed by atoms with E-state index >= 15 is 0 Å². The summed E-state index contributed by atoms with van der Waals surface area (Å²) in [5.41, 5.74) is 5.20. The van der Waals surface area contributed by atoms with Crippen molar-refractivity contribution in [3.05, 3.63) is 103 Å². The van der Waals surface area contributed by atoms with E-state index in [2.05, 4.69) is 60.0 Å². The monoisotopic (exact) mass is 499 g/mol. The predicted octanol–water partition coefficient (Wildman–Crippen LogP) is 6.25. The summed E-state index contributed by atoms with van der Waals surface area (Å²) in [6.07, 6.45) is 4.64. The van der Waals surface area contributed by atoms with Crippen molar-refractivity contribution >= 4 is 23.2 Å². The SMILES string of the molecule is O=C(Nc1ccccc1)NC1(c2ccc(-c3nnc4n3-c3cccnc3Nc3ccccc3-4)cc2)CCC1. The van der Waals surface area contributed by atoms with E-state index in [0.29, 0.717) is 0 Å². The van der Waals surface area contributed by atoms with Crippen molar-refractivity contribution in [1.82, 2.24) is 25.1 Å². The van der Waals surface area contributed by atoms with Gasteiger partial charge in [0.15, 0.2) is 17.5 Å². The van der Waals surface area contributed by atoms with Crippen molar-refractivity contribution in [2.75, 3.05) is 10.6 Å². The molecule has 2 aliphatic rings. The molecule has 0 bridgehead atoms. The molecule has 8 heteroatoms. The highest BCUT2D eigenvalue weighted by Gasteiger charge is 2.40. The number of pyridine rings is 1. The Balaban J connectivity index is 1.22. The van der Waals surface area contributed by atoms with E-state index in [0.717, 1.165) is 70.5 Å². The molecule has 5 aromatic rings. The van der Waals surface area contributed by atoms with Crippen molar-refractivity contribution in [2.24, 2.45) is 0 Å². The molecule has 38 heavy (non-hydrogen) atoms. The number of carbonyl (C=O) groups excluding carboxylic acids is 1. The van der Waals surface area contributed by atoms with Crippen LogP contribution in [0.3, 0.4) is 0 Å². The molecule has 3 aromatic carbocycles. The van der Waals surface area contributed by atoms with Crippen LogP contribution in [0.15, 0.2) is 97.2 Å². The Morgan fingerprint density at radius 2 is 1.61 bits per heavy atom. The third-order valence-corrected chi connectivity index (χ3v) is 7.40. The molecule has 1 aliphatic heterocycles. The normalized spacial score (nSPS) is 14.5. The first kappa shape index (κ1) is 22.2. The third-order valence-electron chi connectivity index (χ3n) is 7.40. The quantitative estimate of drug-likeness (QED) is 0.266. The molecule has 2 aromatic heterocycles. The fourth-order valence-electron chi connectivity index (χ4n) is 5.32. The fourth-order valence-corrected chi connectivity index (χ4v) is 5.32. The van der Waals surface area contributed by atoms with Crippen LogP contribution in [0.4, 0.5) is 22.0 Å². The molecular weight excluding hydrogens is 474 g/mol. The van der Waals surface area contributed by atoms with Crippen molar-refractivity contribution in [3.8, 4) is 28.5 Å². The number of hydrogen-bond acceptors (Lipinski definition) is 5. The number of carbonyl (C=O) groups is 1. The van der Waals surface area contributed by atoms with Gasteiger partial charge in [0.2, 0.25) is 0 Å². The van der Waals surface area contributed by atoms with Gasteiger partial charge in [-0.3, -0.25) is 4.57 Å². The van der Waals surface area contributed by atoms with Gasteiger partial charge in [0, 0.05) is 23.0 Å². The molecule has 0 atom stereocenters. The minimum Gasteiger partial charge on any atom is -0.338 e. The summed E-state index contributed by atoms with van der Waals surface area (Å²) in [6.45, 7) is 0. The summed E-state index contributed by atoms with van der Waals surface area (Å²) >= 11 is 0. The molecule has 2 amide bonds. The fraction of sp³-hybridized carbons (Fsp3) is 0.133. The topological polar surface area (TPSA) is 96.8 Å². The highest BCUT2D eigenvalue weighted by Crippen LogP contribution is 2.43. The number of benzene rings is 3. The lowest BCUT2D eigenvalue weighted by molar-refractivity contribution is 0.185. The molecule has 0 spiro atoms. The molecule has 1 fully saturated rings. The Labute approximate surface area is 219 Å². The average molecular weight is 500 g/mol. The summed E-state index contributed by atoms with van der Waals surface area (Å²) in [7, 11) is 0. The number of amides is 2. The van der Waals surface area contributed by atoms with Gasteiger partial charge in [-0.15, -0.1) is 10.2 Å². The number of rotatable bonds is 4. The first-order chi connectivity index (χ1) is 18.7. The standard InChI is InChI=1S/C30H25N7O/c38-29(32-22-8-2-1-3-9-22)34-30(17-7-18-30)21-15-13-20(14-16-21)27-35-36-28-23-10-4-5-11-24(23)33-26-25(37(27)28)12-6-19-31-26/h1-6,8-16,19H,7,17-18H2,(H,31,33)(H2,32,34,38). The third kappa shape index (κ3) is 3.69. The predicted molar refractivity (Wildman–Crippen MR) is 147 cm³/mol. The molecule has 7 rings (SSSR count). The van der Waals surface area contributed by atoms with Gasteiger partial charge in [-0.2, -0.15) is 0 Å². The number of anilines is 3. The zero-order valence-corrected chi connectivity index (χ0v) is 20.6.